The fraction of sp³-hybridized carbons (Fsp3) is 0. The van der Waals surface area contributed by atoms with Crippen molar-refractivity contribution in [3.05, 3.63) is 182 Å². The van der Waals surface area contributed by atoms with Crippen LogP contribution in [0.15, 0.2) is 182 Å². The SMILES string of the molecule is OO.[Pt].c1ccc(P(c2ccccc2)c2ccccc2)cc1.c1ccc(P(c2ccccc2)c2ccccc2)cc1. The molecule has 0 atom stereocenters. The largest absolute Gasteiger partial charge is 0.255 e. The zero-order valence-corrected chi connectivity index (χ0v) is 26.5. The van der Waals surface area contributed by atoms with E-state index < -0.39 is 15.8 Å². The van der Waals surface area contributed by atoms with Crippen LogP contribution in [-0.4, -0.2) is 10.5 Å². The Hall–Kier alpha value is -3.21. The van der Waals surface area contributed by atoms with Gasteiger partial charge in [-0.2, -0.15) is 0 Å². The molecule has 0 spiro atoms. The summed E-state index contributed by atoms with van der Waals surface area (Å²) in [5, 5.41) is 20.4. The van der Waals surface area contributed by atoms with E-state index in [4.69, 9.17) is 10.5 Å². The molecule has 0 fully saturated rings. The summed E-state index contributed by atoms with van der Waals surface area (Å²) in [5.74, 6) is 0. The van der Waals surface area contributed by atoms with E-state index in [1.807, 2.05) is 0 Å². The fourth-order valence-electron chi connectivity index (χ4n) is 4.36. The number of hydrogen-bond donors (Lipinski definition) is 2. The van der Waals surface area contributed by atoms with Gasteiger partial charge in [-0.05, 0) is 47.7 Å². The molecule has 41 heavy (non-hydrogen) atoms. The molecular weight excluding hydrogens is 721 g/mol. The van der Waals surface area contributed by atoms with Gasteiger partial charge in [0.1, 0.15) is 0 Å². The minimum atomic E-state index is -0.446. The molecule has 0 aliphatic carbocycles. The van der Waals surface area contributed by atoms with Gasteiger partial charge in [0, 0.05) is 21.1 Å². The minimum absolute atomic E-state index is 0. The normalized spacial score (nSPS) is 9.95. The summed E-state index contributed by atoms with van der Waals surface area (Å²) >= 11 is 0. The standard InChI is InChI=1S/2C18H15P.H2O2.Pt/c2*1-4-10-16(11-5-1)19(17-12-6-2-7-13-17)18-14-8-3-9-15-18;1-2;/h2*1-15H;1-2H;. The maximum absolute atomic E-state index is 6.00. The second-order valence-corrected chi connectivity index (χ2v) is 13.1. The summed E-state index contributed by atoms with van der Waals surface area (Å²) in [6.45, 7) is 0. The summed E-state index contributed by atoms with van der Waals surface area (Å²) in [4.78, 5) is 0. The molecule has 0 bridgehead atoms. The number of rotatable bonds is 6. The van der Waals surface area contributed by atoms with Gasteiger partial charge in [0.15, 0.2) is 0 Å². The van der Waals surface area contributed by atoms with Gasteiger partial charge in [-0.1, -0.05) is 182 Å². The van der Waals surface area contributed by atoms with Gasteiger partial charge in [-0.3, -0.25) is 10.5 Å². The smallest absolute Gasteiger partial charge is 0 e. The Morgan fingerprint density at radius 3 is 0.488 bits per heavy atom. The molecule has 5 heteroatoms. The first-order chi connectivity index (χ1) is 19.9. The van der Waals surface area contributed by atoms with E-state index in [1.165, 1.54) is 31.8 Å². The summed E-state index contributed by atoms with van der Waals surface area (Å²) in [5.41, 5.74) is 0. The Balaban J connectivity index is 0.000000208. The molecule has 6 aromatic carbocycles. The second kappa shape index (κ2) is 18.3. The number of hydrogen-bond acceptors (Lipinski definition) is 2. The third-order valence-corrected chi connectivity index (χ3v) is 11.0. The molecular formula is C36H32O2P2Pt. The molecule has 0 saturated heterocycles. The Morgan fingerprint density at radius 1 is 0.244 bits per heavy atom. The zero-order valence-electron chi connectivity index (χ0n) is 22.4. The molecule has 0 aliphatic rings. The zero-order chi connectivity index (χ0) is 27.8. The van der Waals surface area contributed by atoms with Crippen molar-refractivity contribution in [2.45, 2.75) is 0 Å². The van der Waals surface area contributed by atoms with E-state index in [0.717, 1.165) is 0 Å². The predicted molar refractivity (Wildman–Crippen MR) is 176 cm³/mol. The molecule has 0 saturated carbocycles. The van der Waals surface area contributed by atoms with Crippen molar-refractivity contribution in [1.29, 1.82) is 0 Å². The third-order valence-electron chi connectivity index (χ3n) is 6.09. The van der Waals surface area contributed by atoms with Gasteiger partial charge in [-0.15, -0.1) is 0 Å². The van der Waals surface area contributed by atoms with Crippen LogP contribution in [0.5, 0.6) is 0 Å². The van der Waals surface area contributed by atoms with Gasteiger partial charge in [0.25, 0.3) is 0 Å². The summed E-state index contributed by atoms with van der Waals surface area (Å²) < 4.78 is 0. The minimum Gasteiger partial charge on any atom is -0.255 e. The first kappa shape index (κ1) is 32.3. The maximum atomic E-state index is 6.00. The average Bonchev–Trinajstić information content (AvgIpc) is 3.06. The molecule has 0 amide bonds. The van der Waals surface area contributed by atoms with E-state index in [9.17, 15) is 0 Å². The summed E-state index contributed by atoms with van der Waals surface area (Å²) in [6.07, 6.45) is 0. The molecule has 0 aromatic heterocycles. The van der Waals surface area contributed by atoms with Crippen LogP contribution in [0.4, 0.5) is 0 Å². The molecule has 0 unspecified atom stereocenters. The second-order valence-electron chi connectivity index (χ2n) is 8.68. The van der Waals surface area contributed by atoms with Crippen LogP contribution in [0, 0.1) is 0 Å². The molecule has 6 aromatic rings. The summed E-state index contributed by atoms with van der Waals surface area (Å²) in [7, 11) is -0.892. The monoisotopic (exact) mass is 753 g/mol. The fourth-order valence-corrected chi connectivity index (χ4v) is 8.97. The van der Waals surface area contributed by atoms with E-state index in [-0.39, 0.29) is 21.1 Å². The quantitative estimate of drug-likeness (QED) is 0.110. The Morgan fingerprint density at radius 2 is 0.366 bits per heavy atom. The van der Waals surface area contributed by atoms with Crippen LogP contribution in [0.1, 0.15) is 0 Å². The first-order valence-corrected chi connectivity index (χ1v) is 15.7. The molecule has 2 nitrogen and oxygen atoms in total. The van der Waals surface area contributed by atoms with E-state index in [1.54, 1.807) is 0 Å². The topological polar surface area (TPSA) is 40.5 Å². The molecule has 0 aliphatic heterocycles. The molecule has 6 rings (SSSR count). The molecule has 208 valence electrons. The van der Waals surface area contributed by atoms with Crippen LogP contribution in [0.2, 0.25) is 0 Å². The third kappa shape index (κ3) is 9.41. The van der Waals surface area contributed by atoms with Crippen LogP contribution >= 0.6 is 15.8 Å². The van der Waals surface area contributed by atoms with Crippen molar-refractivity contribution in [2.75, 3.05) is 0 Å². The molecule has 2 N–H and O–H groups in total. The van der Waals surface area contributed by atoms with Crippen LogP contribution in [0.3, 0.4) is 0 Å². The van der Waals surface area contributed by atoms with Crippen molar-refractivity contribution in [3.63, 3.8) is 0 Å². The molecule has 0 radical (unpaired) electrons. The van der Waals surface area contributed by atoms with Gasteiger partial charge < -0.3 is 0 Å². The van der Waals surface area contributed by atoms with Crippen molar-refractivity contribution >= 4 is 47.7 Å². The first-order valence-electron chi connectivity index (χ1n) is 13.0. The Bertz CT molecular complexity index is 1180. The number of benzene rings is 6. The van der Waals surface area contributed by atoms with Crippen LogP contribution in [0.25, 0.3) is 0 Å². The van der Waals surface area contributed by atoms with Crippen molar-refractivity contribution < 1.29 is 31.6 Å². The maximum Gasteiger partial charge on any atom is 0 e. The van der Waals surface area contributed by atoms with Crippen molar-refractivity contribution in [2.24, 2.45) is 0 Å². The van der Waals surface area contributed by atoms with Crippen molar-refractivity contribution in [3.8, 4) is 0 Å². The molecule has 0 heterocycles. The van der Waals surface area contributed by atoms with Crippen LogP contribution in [-0.2, 0) is 21.1 Å². The van der Waals surface area contributed by atoms with E-state index >= 15 is 0 Å². The van der Waals surface area contributed by atoms with Crippen LogP contribution < -0.4 is 31.8 Å². The van der Waals surface area contributed by atoms with Gasteiger partial charge in [0.2, 0.25) is 0 Å². The van der Waals surface area contributed by atoms with Gasteiger partial charge in [-0.25, -0.2) is 0 Å². The Kier molecular flexibility index (Phi) is 14.4. The average molecular weight is 754 g/mol. The van der Waals surface area contributed by atoms with Gasteiger partial charge in [0.05, 0.1) is 0 Å². The Labute approximate surface area is 260 Å². The van der Waals surface area contributed by atoms with Crippen molar-refractivity contribution in [1.82, 2.24) is 0 Å². The summed E-state index contributed by atoms with van der Waals surface area (Å²) in [6, 6.07) is 64.7. The van der Waals surface area contributed by atoms with E-state index in [0.29, 0.717) is 0 Å². The van der Waals surface area contributed by atoms with Gasteiger partial charge >= 0.3 is 0 Å². The van der Waals surface area contributed by atoms with E-state index in [2.05, 4.69) is 182 Å². The predicted octanol–water partition coefficient (Wildman–Crippen LogP) is 6.90.